The van der Waals surface area contributed by atoms with Crippen LogP contribution in [0.3, 0.4) is 0 Å². The molecule has 10 aromatic carbocycles. The van der Waals surface area contributed by atoms with E-state index in [9.17, 15) is 0 Å². The second kappa shape index (κ2) is 12.8. The summed E-state index contributed by atoms with van der Waals surface area (Å²) in [5, 5.41) is 12.0. The molecule has 0 atom stereocenters. The molecule has 0 aliphatic heterocycles. The maximum absolute atomic E-state index is 5.50. The maximum Gasteiger partial charge on any atom is 0.161 e. The number of hydrogen-bond acceptors (Lipinski definition) is 2. The first-order valence-corrected chi connectivity index (χ1v) is 20.5. The minimum atomic E-state index is -0.146. The lowest BCUT2D eigenvalue weighted by Gasteiger charge is -2.22. The van der Waals surface area contributed by atoms with Gasteiger partial charge in [-0.2, -0.15) is 0 Å². The van der Waals surface area contributed by atoms with Crippen molar-refractivity contribution in [3.8, 4) is 56.2 Å². The molecule has 1 aromatic heterocycles. The predicted molar refractivity (Wildman–Crippen MR) is 249 cm³/mol. The molecule has 11 aromatic rings. The Kier molecular flexibility index (Phi) is 7.31. The van der Waals surface area contributed by atoms with E-state index in [0.717, 1.165) is 38.9 Å². The fraction of sp³-hybridized carbons (Fsp3) is 0.0526. The lowest BCUT2D eigenvalue weighted by molar-refractivity contribution is 0.661. The summed E-state index contributed by atoms with van der Waals surface area (Å²) in [6.07, 6.45) is 0. The molecule has 2 heteroatoms. The van der Waals surface area contributed by atoms with Crippen LogP contribution < -0.4 is 0 Å². The Labute approximate surface area is 343 Å². The lowest BCUT2D eigenvalue weighted by atomic mass is 9.81. The highest BCUT2D eigenvalue weighted by Gasteiger charge is 2.37. The molecule has 0 N–H and O–H groups in total. The Balaban J connectivity index is 1.15. The lowest BCUT2D eigenvalue weighted by Crippen LogP contribution is -2.14. The average Bonchev–Trinajstić information content (AvgIpc) is 3.51. The van der Waals surface area contributed by atoms with E-state index in [4.69, 9.17) is 9.97 Å². The molecular formula is C57H38N2. The van der Waals surface area contributed by atoms with E-state index in [1.54, 1.807) is 0 Å². The normalized spacial score (nSPS) is 13.1. The summed E-state index contributed by atoms with van der Waals surface area (Å²) < 4.78 is 0. The Morgan fingerprint density at radius 1 is 0.322 bits per heavy atom. The van der Waals surface area contributed by atoms with Crippen LogP contribution in [0.15, 0.2) is 194 Å². The van der Waals surface area contributed by atoms with Crippen LogP contribution in [-0.4, -0.2) is 9.97 Å². The molecule has 12 rings (SSSR count). The van der Waals surface area contributed by atoms with Gasteiger partial charge in [0.1, 0.15) is 0 Å². The first-order valence-electron chi connectivity index (χ1n) is 20.5. The summed E-state index contributed by atoms with van der Waals surface area (Å²) in [4.78, 5) is 11.0. The molecule has 0 amide bonds. The van der Waals surface area contributed by atoms with Crippen molar-refractivity contribution >= 4 is 53.9 Å². The summed E-state index contributed by atoms with van der Waals surface area (Å²) >= 11 is 0. The fourth-order valence-electron chi connectivity index (χ4n) is 9.89. The maximum atomic E-state index is 5.50. The molecule has 59 heavy (non-hydrogen) atoms. The average molecular weight is 751 g/mol. The molecule has 0 radical (unpaired) electrons. The van der Waals surface area contributed by atoms with Crippen molar-refractivity contribution in [2.45, 2.75) is 19.3 Å². The number of aromatic nitrogens is 2. The molecule has 0 fully saturated rings. The van der Waals surface area contributed by atoms with Crippen LogP contribution in [0.4, 0.5) is 0 Å². The van der Waals surface area contributed by atoms with Crippen molar-refractivity contribution in [2.24, 2.45) is 0 Å². The number of benzene rings is 10. The van der Waals surface area contributed by atoms with Crippen LogP contribution in [0, 0.1) is 0 Å². The van der Waals surface area contributed by atoms with E-state index in [2.05, 4.69) is 208 Å². The third-order valence-corrected chi connectivity index (χ3v) is 12.8. The van der Waals surface area contributed by atoms with E-state index in [1.165, 1.54) is 76.5 Å². The number of hydrogen-bond donors (Lipinski definition) is 0. The van der Waals surface area contributed by atoms with E-state index in [-0.39, 0.29) is 5.41 Å². The topological polar surface area (TPSA) is 25.8 Å². The first kappa shape index (κ1) is 33.7. The molecule has 1 heterocycles. The summed E-state index contributed by atoms with van der Waals surface area (Å²) in [6, 6.07) is 70.8. The zero-order valence-electron chi connectivity index (χ0n) is 32.9. The van der Waals surface area contributed by atoms with E-state index in [1.807, 2.05) is 0 Å². The van der Waals surface area contributed by atoms with Crippen LogP contribution in [0.2, 0.25) is 0 Å². The Bertz CT molecular complexity index is 3380. The van der Waals surface area contributed by atoms with Gasteiger partial charge in [0.05, 0.1) is 11.4 Å². The number of nitrogens with zero attached hydrogens (tertiary/aromatic N) is 2. The van der Waals surface area contributed by atoms with Crippen LogP contribution in [0.25, 0.3) is 110 Å². The van der Waals surface area contributed by atoms with Crippen LogP contribution >= 0.6 is 0 Å². The number of fused-ring (bicyclic) bond motifs is 8. The minimum Gasteiger partial charge on any atom is -0.228 e. The van der Waals surface area contributed by atoms with E-state index >= 15 is 0 Å². The quantitative estimate of drug-likeness (QED) is 0.167. The summed E-state index contributed by atoms with van der Waals surface area (Å²) in [6.45, 7) is 4.76. The van der Waals surface area contributed by atoms with Gasteiger partial charge >= 0.3 is 0 Å². The molecule has 0 spiro atoms. The van der Waals surface area contributed by atoms with Crippen molar-refractivity contribution in [3.63, 3.8) is 0 Å². The van der Waals surface area contributed by atoms with Gasteiger partial charge in [0.15, 0.2) is 5.82 Å². The summed E-state index contributed by atoms with van der Waals surface area (Å²) in [7, 11) is 0. The van der Waals surface area contributed by atoms with Gasteiger partial charge in [0.25, 0.3) is 0 Å². The standard InChI is InChI=1S/C57H38N2/c1-57(2)49-25-13-24-47(54(49)48-32-39-18-7-8-19-40(39)33-50(48)57)53-43-20-9-11-22-45(43)55(46-23-12-10-21-44(46)53)56-58-51(41-28-26-35-14-3-5-16-37(35)30-41)34-52(59-56)42-29-27-36-15-4-6-17-38(36)31-42/h3-34H,1-2H3. The van der Waals surface area contributed by atoms with Crippen LogP contribution in [0.5, 0.6) is 0 Å². The highest BCUT2D eigenvalue weighted by Crippen LogP contribution is 2.55. The van der Waals surface area contributed by atoms with Crippen LogP contribution in [-0.2, 0) is 5.41 Å². The van der Waals surface area contributed by atoms with Gasteiger partial charge in [-0.1, -0.05) is 178 Å². The summed E-state index contributed by atoms with van der Waals surface area (Å²) in [5.74, 6) is 0.717. The molecule has 1 aliphatic rings. The van der Waals surface area contributed by atoms with Crippen LogP contribution in [0.1, 0.15) is 25.0 Å². The molecule has 0 saturated carbocycles. The highest BCUT2D eigenvalue weighted by molar-refractivity contribution is 6.22. The van der Waals surface area contributed by atoms with E-state index < -0.39 is 0 Å². The number of rotatable bonds is 4. The smallest absolute Gasteiger partial charge is 0.161 e. The Morgan fingerprint density at radius 2 is 0.780 bits per heavy atom. The van der Waals surface area contributed by atoms with Gasteiger partial charge in [-0.05, 0) is 118 Å². The van der Waals surface area contributed by atoms with Gasteiger partial charge in [0, 0.05) is 22.1 Å². The molecular weight excluding hydrogens is 713 g/mol. The zero-order chi connectivity index (χ0) is 39.2. The van der Waals surface area contributed by atoms with E-state index in [0.29, 0.717) is 5.82 Å². The SMILES string of the molecule is CC1(C)c2cc3ccccc3cc2-c2c(-c3c4ccccc4c(-c4nc(-c5ccc6ccccc6c5)cc(-c5ccc6ccccc6c5)n4)c4ccccc34)cccc21. The highest BCUT2D eigenvalue weighted by atomic mass is 14.9. The predicted octanol–water partition coefficient (Wildman–Crippen LogP) is 15.2. The van der Waals surface area contributed by atoms with Gasteiger partial charge in [-0.3, -0.25) is 0 Å². The second-order valence-electron chi connectivity index (χ2n) is 16.5. The first-order chi connectivity index (χ1) is 29.0. The molecule has 276 valence electrons. The van der Waals surface area contributed by atoms with Crippen molar-refractivity contribution in [1.82, 2.24) is 9.97 Å². The van der Waals surface area contributed by atoms with Crippen molar-refractivity contribution in [2.75, 3.05) is 0 Å². The third kappa shape index (κ3) is 5.20. The zero-order valence-corrected chi connectivity index (χ0v) is 32.9. The van der Waals surface area contributed by atoms with Gasteiger partial charge in [-0.15, -0.1) is 0 Å². The monoisotopic (exact) mass is 750 g/mol. The Hall–Kier alpha value is -7.42. The van der Waals surface area contributed by atoms with Gasteiger partial charge in [-0.25, -0.2) is 9.97 Å². The van der Waals surface area contributed by atoms with Crippen molar-refractivity contribution in [1.29, 1.82) is 0 Å². The fourth-order valence-corrected chi connectivity index (χ4v) is 9.89. The van der Waals surface area contributed by atoms with Crippen molar-refractivity contribution < 1.29 is 0 Å². The molecule has 0 saturated heterocycles. The Morgan fingerprint density at radius 3 is 1.32 bits per heavy atom. The largest absolute Gasteiger partial charge is 0.228 e. The molecule has 0 unspecified atom stereocenters. The van der Waals surface area contributed by atoms with Gasteiger partial charge in [0.2, 0.25) is 0 Å². The minimum absolute atomic E-state index is 0.146. The summed E-state index contributed by atoms with van der Waals surface area (Å²) in [5.41, 5.74) is 12.7. The molecule has 2 nitrogen and oxygen atoms in total. The van der Waals surface area contributed by atoms with Crippen molar-refractivity contribution in [3.05, 3.63) is 205 Å². The molecule has 1 aliphatic carbocycles. The second-order valence-corrected chi connectivity index (χ2v) is 16.5. The molecule has 0 bridgehead atoms. The third-order valence-electron chi connectivity index (χ3n) is 12.8. The van der Waals surface area contributed by atoms with Gasteiger partial charge < -0.3 is 0 Å².